The summed E-state index contributed by atoms with van der Waals surface area (Å²) in [5, 5.41) is 13.5. The molecule has 2 rings (SSSR count). The minimum atomic E-state index is -0.859. The molecule has 108 valence electrons. The average molecular weight is 332 g/mol. The van der Waals surface area contributed by atoms with Gasteiger partial charge in [-0.15, -0.1) is 4.68 Å². The summed E-state index contributed by atoms with van der Waals surface area (Å²) in [6.45, 7) is 1.90. The molecule has 0 aliphatic rings. The summed E-state index contributed by atoms with van der Waals surface area (Å²) in [7, 11) is 3.58. The van der Waals surface area contributed by atoms with E-state index >= 15 is 0 Å². The molecule has 0 atom stereocenters. The molecule has 2 aromatic rings. The number of carboxylic acid groups (broad SMARTS) is 1. The maximum absolute atomic E-state index is 10.7. The van der Waals surface area contributed by atoms with Gasteiger partial charge in [-0.1, -0.05) is 0 Å². The molecule has 1 aromatic heterocycles. The molecule has 0 radical (unpaired) electrons. The van der Waals surface area contributed by atoms with Crippen LogP contribution >= 0.6 is 0 Å². The number of carbonyl (C=O) groups is 1. The van der Waals surface area contributed by atoms with Gasteiger partial charge in [0.25, 0.3) is 0 Å². The number of aryl methyl sites for hydroxylation is 1. The Balaban J connectivity index is 0.00000220. The smallest absolute Gasteiger partial charge is 1.00 e. The number of likely N-dealkylation sites (N-methyl/N-ethyl adjacent to an activating group) is 1. The van der Waals surface area contributed by atoms with Crippen molar-refractivity contribution < 1.29 is 67.3 Å². The van der Waals surface area contributed by atoms with E-state index in [0.717, 1.165) is 17.2 Å². The van der Waals surface area contributed by atoms with Crippen LogP contribution in [0.5, 0.6) is 0 Å². The molecular weight excluding hydrogens is 315 g/mol. The monoisotopic (exact) mass is 332 g/mol. The van der Waals surface area contributed by atoms with Crippen LogP contribution < -0.4 is 60.9 Å². The molecule has 0 saturated carbocycles. The van der Waals surface area contributed by atoms with E-state index < -0.39 is 5.97 Å². The van der Waals surface area contributed by atoms with Crippen LogP contribution in [0.2, 0.25) is 0 Å². The summed E-state index contributed by atoms with van der Waals surface area (Å²) in [5.74, 6) is 0.0727. The van der Waals surface area contributed by atoms with E-state index in [1.54, 1.807) is 16.6 Å². The molecular formula is C13H17KN4O2S. The van der Waals surface area contributed by atoms with Crippen LogP contribution in [0.4, 0.5) is 5.69 Å². The zero-order valence-corrected chi connectivity index (χ0v) is 16.5. The van der Waals surface area contributed by atoms with Gasteiger partial charge in [-0.2, -0.15) is 0 Å². The molecule has 8 heteroatoms. The third-order valence-corrected chi connectivity index (χ3v) is 3.40. The van der Waals surface area contributed by atoms with Crippen LogP contribution in [-0.4, -0.2) is 34.4 Å². The normalized spacial score (nSPS) is 10.0. The first-order chi connectivity index (χ1) is 9.40. The minimum Gasteiger partial charge on any atom is -1.00 e. The van der Waals surface area contributed by atoms with Gasteiger partial charge in [-0.05, 0) is 24.3 Å². The largest absolute Gasteiger partial charge is 1.00 e. The van der Waals surface area contributed by atoms with Gasteiger partial charge < -0.3 is 24.1 Å². The molecule has 1 heterocycles. The summed E-state index contributed by atoms with van der Waals surface area (Å²) in [4.78, 5) is 12.4. The fourth-order valence-electron chi connectivity index (χ4n) is 1.98. The SMILES string of the molecule is Cc1n(C)nc([S-])[n+]1-c1ccc(N(C)CC(=O)O)cc1.[H-].[K+]. The van der Waals surface area contributed by atoms with Crippen molar-refractivity contribution in [3.63, 3.8) is 0 Å². The van der Waals surface area contributed by atoms with Crippen molar-refractivity contribution in [1.29, 1.82) is 0 Å². The number of aromatic nitrogens is 3. The maximum atomic E-state index is 10.7. The summed E-state index contributed by atoms with van der Waals surface area (Å²) < 4.78 is 3.60. The Bertz CT molecular complexity index is 648. The first-order valence-corrected chi connectivity index (χ1v) is 6.47. The predicted molar refractivity (Wildman–Crippen MR) is 77.1 cm³/mol. The molecule has 1 N–H and O–H groups in total. The Labute approximate surface area is 173 Å². The summed E-state index contributed by atoms with van der Waals surface area (Å²) in [6.07, 6.45) is 0. The fourth-order valence-corrected chi connectivity index (χ4v) is 2.34. The molecule has 0 amide bonds. The van der Waals surface area contributed by atoms with Gasteiger partial charge in [-0.3, -0.25) is 4.79 Å². The van der Waals surface area contributed by atoms with E-state index in [1.165, 1.54) is 0 Å². The molecule has 0 aliphatic carbocycles. The van der Waals surface area contributed by atoms with Gasteiger partial charge in [0.05, 0.1) is 7.05 Å². The van der Waals surface area contributed by atoms with E-state index in [9.17, 15) is 4.79 Å². The van der Waals surface area contributed by atoms with Crippen LogP contribution in [0.1, 0.15) is 7.25 Å². The van der Waals surface area contributed by atoms with Gasteiger partial charge in [0.15, 0.2) is 5.16 Å². The Hall–Kier alpha value is -0.514. The Kier molecular flexibility index (Phi) is 6.76. The van der Waals surface area contributed by atoms with Crippen molar-refractivity contribution in [3.05, 3.63) is 30.1 Å². The first-order valence-electron chi connectivity index (χ1n) is 6.06. The second-order valence-electron chi connectivity index (χ2n) is 4.56. The van der Waals surface area contributed by atoms with Crippen molar-refractivity contribution in [2.24, 2.45) is 7.05 Å². The molecule has 0 fully saturated rings. The molecule has 6 nitrogen and oxygen atoms in total. The van der Waals surface area contributed by atoms with Crippen LogP contribution in [0.25, 0.3) is 5.69 Å². The Morgan fingerprint density at radius 2 is 2.05 bits per heavy atom. The Morgan fingerprint density at radius 1 is 1.48 bits per heavy atom. The van der Waals surface area contributed by atoms with E-state index in [0.29, 0.717) is 5.16 Å². The molecule has 21 heavy (non-hydrogen) atoms. The van der Waals surface area contributed by atoms with E-state index in [-0.39, 0.29) is 59.4 Å². The van der Waals surface area contributed by atoms with Crippen LogP contribution in [0.15, 0.2) is 29.4 Å². The average Bonchev–Trinajstić information content (AvgIpc) is 2.63. The molecule has 0 spiro atoms. The Morgan fingerprint density at radius 3 is 2.48 bits per heavy atom. The van der Waals surface area contributed by atoms with E-state index in [1.807, 2.05) is 42.8 Å². The number of benzene rings is 1. The van der Waals surface area contributed by atoms with Crippen molar-refractivity contribution in [2.45, 2.75) is 12.1 Å². The first kappa shape index (κ1) is 18.5. The predicted octanol–water partition coefficient (Wildman–Crippen LogP) is -2.45. The number of carboxylic acids is 1. The van der Waals surface area contributed by atoms with Gasteiger partial charge >= 0.3 is 57.4 Å². The molecule has 0 bridgehead atoms. The minimum absolute atomic E-state index is 0. The van der Waals surface area contributed by atoms with Crippen LogP contribution in [-0.2, 0) is 24.5 Å². The standard InChI is InChI=1S/C13H16N4O2S.K.H/c1-9-16(3)14-13(20)17(9)11-6-4-10(5-7-11)15(2)8-12(18)19;;/h4-7H,8H2,1-3H3,(H-,14,18,19,20);;/q;+1;-1. The molecule has 1 aromatic carbocycles. The second-order valence-corrected chi connectivity index (χ2v) is 4.92. The van der Waals surface area contributed by atoms with Crippen LogP contribution in [0.3, 0.4) is 0 Å². The topological polar surface area (TPSA) is 62.2 Å². The van der Waals surface area contributed by atoms with Gasteiger partial charge in [0.1, 0.15) is 12.2 Å². The quantitative estimate of drug-likeness (QED) is 0.383. The fraction of sp³-hybridized carbons (Fsp3) is 0.308. The van der Waals surface area contributed by atoms with Crippen LogP contribution in [0, 0.1) is 6.92 Å². The van der Waals surface area contributed by atoms with Crippen molar-refractivity contribution in [1.82, 2.24) is 9.78 Å². The van der Waals surface area contributed by atoms with E-state index in [2.05, 4.69) is 5.10 Å². The molecule has 0 aliphatic heterocycles. The number of hydrogen-bond donors (Lipinski definition) is 1. The number of anilines is 1. The number of rotatable bonds is 4. The molecule has 0 saturated heterocycles. The summed E-state index contributed by atoms with van der Waals surface area (Å²) in [5.41, 5.74) is 1.75. The number of nitrogens with zero attached hydrogens (tertiary/aromatic N) is 4. The zero-order chi connectivity index (χ0) is 14.9. The zero-order valence-electron chi connectivity index (χ0n) is 13.6. The maximum Gasteiger partial charge on any atom is 1.00 e. The second kappa shape index (κ2) is 7.66. The van der Waals surface area contributed by atoms with Crippen molar-refractivity contribution in [2.75, 3.05) is 18.5 Å². The number of aliphatic carboxylic acids is 1. The summed E-state index contributed by atoms with van der Waals surface area (Å²) in [6, 6.07) is 7.54. The van der Waals surface area contributed by atoms with Crippen molar-refractivity contribution in [3.8, 4) is 5.69 Å². The van der Waals surface area contributed by atoms with Gasteiger partial charge in [-0.25, -0.2) is 4.57 Å². The van der Waals surface area contributed by atoms with Gasteiger partial charge in [0, 0.05) is 24.8 Å². The van der Waals surface area contributed by atoms with Gasteiger partial charge in [0.2, 0.25) is 5.82 Å². The summed E-state index contributed by atoms with van der Waals surface area (Å²) >= 11 is 5.23. The van der Waals surface area contributed by atoms with E-state index in [4.69, 9.17) is 17.7 Å². The third-order valence-electron chi connectivity index (χ3n) is 3.14. The third kappa shape index (κ3) is 4.24. The number of hydrogen-bond acceptors (Lipinski definition) is 4. The molecule has 0 unspecified atom stereocenters. The van der Waals surface area contributed by atoms with Crippen molar-refractivity contribution >= 4 is 24.3 Å².